The zero-order valence-electron chi connectivity index (χ0n) is 17.8. The van der Waals surface area contributed by atoms with Crippen LogP contribution >= 0.6 is 0 Å². The molecule has 2 aromatic heterocycles. The lowest BCUT2D eigenvalue weighted by Gasteiger charge is -2.36. The standard InChI is InChI=1S/C25H25N5O2/c31-23-16-28-24-22(30(23)17-18-8-2-1-3-9-18)14-19(15-27-24)25(32)29-13-7-5-11-21(29)20-10-4-6-12-26-20/h1-4,6,8-10,12,14-15,21H,5,7,11,13,16-17H2,(H,27,28). The van der Waals surface area contributed by atoms with Crippen LogP contribution in [0.4, 0.5) is 11.5 Å². The van der Waals surface area contributed by atoms with Crippen molar-refractivity contribution in [3.05, 3.63) is 83.8 Å². The molecule has 0 bridgehead atoms. The number of nitrogens with zero attached hydrogens (tertiary/aromatic N) is 4. The molecule has 1 unspecified atom stereocenters. The Morgan fingerprint density at radius 2 is 1.91 bits per heavy atom. The van der Waals surface area contributed by atoms with E-state index in [1.807, 2.05) is 53.4 Å². The molecule has 0 radical (unpaired) electrons. The van der Waals surface area contributed by atoms with Crippen LogP contribution in [0.2, 0.25) is 0 Å². The molecule has 5 rings (SSSR count). The zero-order chi connectivity index (χ0) is 21.9. The van der Waals surface area contributed by atoms with Crippen LogP contribution in [-0.4, -0.2) is 39.8 Å². The second kappa shape index (κ2) is 8.78. The van der Waals surface area contributed by atoms with Gasteiger partial charge in [-0.3, -0.25) is 14.6 Å². The Balaban J connectivity index is 1.45. The number of carbonyl (C=O) groups excluding carboxylic acids is 2. The summed E-state index contributed by atoms with van der Waals surface area (Å²) in [6.45, 7) is 1.31. The van der Waals surface area contributed by atoms with Gasteiger partial charge in [0.2, 0.25) is 5.91 Å². The van der Waals surface area contributed by atoms with Crippen molar-refractivity contribution in [2.45, 2.75) is 31.8 Å². The summed E-state index contributed by atoms with van der Waals surface area (Å²) in [5.41, 5.74) is 3.06. The molecule has 2 aliphatic heterocycles. The van der Waals surface area contributed by atoms with Gasteiger partial charge < -0.3 is 15.1 Å². The molecule has 1 aromatic carbocycles. The maximum absolute atomic E-state index is 13.6. The molecule has 1 N–H and O–H groups in total. The third-order valence-corrected chi connectivity index (χ3v) is 6.09. The van der Waals surface area contributed by atoms with Gasteiger partial charge in [-0.2, -0.15) is 0 Å². The smallest absolute Gasteiger partial charge is 0.256 e. The van der Waals surface area contributed by atoms with E-state index in [0.29, 0.717) is 30.2 Å². The number of benzene rings is 1. The minimum absolute atomic E-state index is 0.0444. The molecule has 0 spiro atoms. The predicted octanol–water partition coefficient (Wildman–Crippen LogP) is 3.80. The Labute approximate surface area is 187 Å². The lowest BCUT2D eigenvalue weighted by molar-refractivity contribution is -0.117. The van der Waals surface area contributed by atoms with E-state index in [9.17, 15) is 9.59 Å². The van der Waals surface area contributed by atoms with Crippen molar-refractivity contribution in [1.29, 1.82) is 0 Å². The number of amides is 2. The van der Waals surface area contributed by atoms with Gasteiger partial charge in [0.05, 0.1) is 36.1 Å². The Morgan fingerprint density at radius 1 is 1.06 bits per heavy atom. The number of anilines is 2. The molecule has 0 saturated carbocycles. The third kappa shape index (κ3) is 3.93. The number of carbonyl (C=O) groups is 2. The summed E-state index contributed by atoms with van der Waals surface area (Å²) in [6, 6.07) is 17.4. The van der Waals surface area contributed by atoms with Gasteiger partial charge in [0, 0.05) is 18.9 Å². The second-order valence-corrected chi connectivity index (χ2v) is 8.18. The van der Waals surface area contributed by atoms with Crippen LogP contribution in [0.25, 0.3) is 0 Å². The summed E-state index contributed by atoms with van der Waals surface area (Å²) < 4.78 is 0. The van der Waals surface area contributed by atoms with E-state index in [1.165, 1.54) is 0 Å². The first kappa shape index (κ1) is 20.2. The first-order valence-corrected chi connectivity index (χ1v) is 11.0. The van der Waals surface area contributed by atoms with E-state index < -0.39 is 0 Å². The minimum atomic E-state index is -0.0756. The largest absolute Gasteiger partial charge is 0.359 e. The van der Waals surface area contributed by atoms with E-state index in [-0.39, 0.29) is 24.4 Å². The van der Waals surface area contributed by atoms with Gasteiger partial charge in [0.1, 0.15) is 0 Å². The molecule has 1 saturated heterocycles. The van der Waals surface area contributed by atoms with Crippen molar-refractivity contribution >= 4 is 23.3 Å². The van der Waals surface area contributed by atoms with Gasteiger partial charge in [-0.05, 0) is 43.0 Å². The van der Waals surface area contributed by atoms with Crippen molar-refractivity contribution in [2.24, 2.45) is 0 Å². The highest BCUT2D eigenvalue weighted by Crippen LogP contribution is 2.34. The molecule has 7 heteroatoms. The monoisotopic (exact) mass is 427 g/mol. The van der Waals surface area contributed by atoms with E-state index in [0.717, 1.165) is 30.5 Å². The summed E-state index contributed by atoms with van der Waals surface area (Å²) in [7, 11) is 0. The predicted molar refractivity (Wildman–Crippen MR) is 122 cm³/mol. The number of fused-ring (bicyclic) bond motifs is 1. The van der Waals surface area contributed by atoms with Gasteiger partial charge in [0.25, 0.3) is 5.91 Å². The van der Waals surface area contributed by atoms with Gasteiger partial charge in [-0.25, -0.2) is 4.98 Å². The number of likely N-dealkylation sites (tertiary alicyclic amines) is 1. The number of hydrogen-bond donors (Lipinski definition) is 1. The van der Waals surface area contributed by atoms with Crippen molar-refractivity contribution in [1.82, 2.24) is 14.9 Å². The van der Waals surface area contributed by atoms with Crippen LogP contribution in [0, 0.1) is 0 Å². The molecule has 1 atom stereocenters. The van der Waals surface area contributed by atoms with Crippen LogP contribution in [0.1, 0.15) is 46.9 Å². The number of nitrogens with one attached hydrogen (secondary N) is 1. The Morgan fingerprint density at radius 3 is 2.72 bits per heavy atom. The number of piperidine rings is 1. The number of pyridine rings is 2. The summed E-state index contributed by atoms with van der Waals surface area (Å²) in [6.07, 6.45) is 6.30. The molecular weight excluding hydrogens is 402 g/mol. The minimum Gasteiger partial charge on any atom is -0.359 e. The summed E-state index contributed by atoms with van der Waals surface area (Å²) in [5, 5.41) is 3.07. The van der Waals surface area contributed by atoms with Gasteiger partial charge in [-0.15, -0.1) is 0 Å². The topological polar surface area (TPSA) is 78.4 Å². The second-order valence-electron chi connectivity index (χ2n) is 8.18. The fourth-order valence-electron chi connectivity index (χ4n) is 4.46. The Bertz CT molecular complexity index is 1120. The molecule has 2 amide bonds. The van der Waals surface area contributed by atoms with Gasteiger partial charge in [0.15, 0.2) is 5.82 Å². The first-order valence-electron chi connectivity index (χ1n) is 11.0. The lowest BCUT2D eigenvalue weighted by atomic mass is 9.97. The average Bonchev–Trinajstić information content (AvgIpc) is 2.86. The summed E-state index contributed by atoms with van der Waals surface area (Å²) >= 11 is 0. The summed E-state index contributed by atoms with van der Waals surface area (Å²) in [5.74, 6) is 0.502. The lowest BCUT2D eigenvalue weighted by Crippen LogP contribution is -2.41. The van der Waals surface area contributed by atoms with E-state index in [2.05, 4.69) is 15.3 Å². The quantitative estimate of drug-likeness (QED) is 0.685. The van der Waals surface area contributed by atoms with E-state index in [1.54, 1.807) is 23.4 Å². The van der Waals surface area contributed by atoms with Crippen molar-refractivity contribution in [3.63, 3.8) is 0 Å². The maximum atomic E-state index is 13.6. The van der Waals surface area contributed by atoms with Gasteiger partial charge in [-0.1, -0.05) is 36.4 Å². The average molecular weight is 428 g/mol. The van der Waals surface area contributed by atoms with Crippen LogP contribution < -0.4 is 10.2 Å². The number of rotatable bonds is 4. The van der Waals surface area contributed by atoms with Crippen LogP contribution in [0.3, 0.4) is 0 Å². The molecule has 3 aromatic rings. The zero-order valence-corrected chi connectivity index (χ0v) is 17.8. The highest BCUT2D eigenvalue weighted by atomic mass is 16.2. The highest BCUT2D eigenvalue weighted by Gasteiger charge is 2.31. The van der Waals surface area contributed by atoms with E-state index >= 15 is 0 Å². The number of hydrogen-bond acceptors (Lipinski definition) is 5. The van der Waals surface area contributed by atoms with Crippen LogP contribution in [-0.2, 0) is 11.3 Å². The number of aromatic nitrogens is 2. The SMILES string of the molecule is O=C1CNc2ncc(C(=O)N3CCCCC3c3ccccn3)cc2N1Cc1ccccc1. The normalized spacial score (nSPS) is 18.1. The van der Waals surface area contributed by atoms with E-state index in [4.69, 9.17) is 0 Å². The summed E-state index contributed by atoms with van der Waals surface area (Å²) in [4.78, 5) is 38.9. The van der Waals surface area contributed by atoms with Crippen molar-refractivity contribution < 1.29 is 9.59 Å². The Hall–Kier alpha value is -3.74. The van der Waals surface area contributed by atoms with Crippen LogP contribution in [0.15, 0.2) is 67.0 Å². The molecule has 7 nitrogen and oxygen atoms in total. The van der Waals surface area contributed by atoms with Crippen molar-refractivity contribution in [3.8, 4) is 0 Å². The Kier molecular flexibility index (Phi) is 5.54. The van der Waals surface area contributed by atoms with Crippen LogP contribution in [0.5, 0.6) is 0 Å². The fourth-order valence-corrected chi connectivity index (χ4v) is 4.46. The molecule has 2 aliphatic rings. The highest BCUT2D eigenvalue weighted by molar-refractivity contribution is 6.04. The first-order chi connectivity index (χ1) is 15.7. The van der Waals surface area contributed by atoms with Crippen molar-refractivity contribution in [2.75, 3.05) is 23.3 Å². The molecule has 0 aliphatic carbocycles. The molecule has 1 fully saturated rings. The third-order valence-electron chi connectivity index (χ3n) is 6.09. The molecule has 32 heavy (non-hydrogen) atoms. The van der Waals surface area contributed by atoms with Gasteiger partial charge >= 0.3 is 0 Å². The fraction of sp³-hybridized carbons (Fsp3) is 0.280. The molecule has 162 valence electrons. The maximum Gasteiger partial charge on any atom is 0.256 e. The molecule has 4 heterocycles. The molecular formula is C25H25N5O2.